The molecule has 1 saturated heterocycles. The first-order valence-electron chi connectivity index (χ1n) is 11.0. The molecule has 1 saturated carbocycles. The molecule has 1 aliphatic carbocycles. The molecular formula is C23H26F3N3O5. The van der Waals surface area contributed by atoms with E-state index in [0.29, 0.717) is 19.3 Å². The molecule has 2 aromatic rings. The normalized spacial score (nSPS) is 18.4. The molecule has 2 fully saturated rings. The molecule has 0 bridgehead atoms. The van der Waals surface area contributed by atoms with Gasteiger partial charge >= 0.3 is 12.1 Å². The number of carboxylic acid groups (broad SMARTS) is 1. The minimum atomic E-state index is -1.60. The molecule has 0 radical (unpaired) electrons. The van der Waals surface area contributed by atoms with Gasteiger partial charge in [-0.1, -0.05) is 0 Å². The van der Waals surface area contributed by atoms with Gasteiger partial charge in [0.2, 0.25) is 5.43 Å². The van der Waals surface area contributed by atoms with E-state index in [4.69, 9.17) is 4.74 Å². The lowest BCUT2D eigenvalue weighted by molar-refractivity contribution is 0.0237. The summed E-state index contributed by atoms with van der Waals surface area (Å²) >= 11 is 0. The number of aromatic nitrogens is 1. The first kappa shape index (κ1) is 23.9. The van der Waals surface area contributed by atoms with Gasteiger partial charge in [-0.2, -0.15) is 0 Å². The van der Waals surface area contributed by atoms with Crippen LogP contribution in [0.25, 0.3) is 10.9 Å². The number of nitrogens with zero attached hydrogens (tertiary/aromatic N) is 3. The van der Waals surface area contributed by atoms with Crippen molar-refractivity contribution in [1.29, 1.82) is 0 Å². The number of halogens is 3. The number of hydrogen-bond donors (Lipinski definition) is 1. The molecule has 2 heterocycles. The summed E-state index contributed by atoms with van der Waals surface area (Å²) in [6.45, 7) is 5.32. The number of rotatable bonds is 4. The molecule has 1 N–H and O–H groups in total. The van der Waals surface area contributed by atoms with Gasteiger partial charge < -0.3 is 24.2 Å². The molecule has 184 valence electrons. The number of ether oxygens (including phenoxy) is 1. The lowest BCUT2D eigenvalue weighted by Gasteiger charge is -2.29. The lowest BCUT2D eigenvalue weighted by atomic mass is 10.1. The van der Waals surface area contributed by atoms with Gasteiger partial charge in [0.25, 0.3) is 0 Å². The van der Waals surface area contributed by atoms with Crippen molar-refractivity contribution in [1.82, 2.24) is 9.47 Å². The third kappa shape index (κ3) is 4.07. The van der Waals surface area contributed by atoms with Crippen LogP contribution in [0.4, 0.5) is 23.7 Å². The Morgan fingerprint density at radius 2 is 1.76 bits per heavy atom. The highest BCUT2D eigenvalue weighted by molar-refractivity contribution is 5.94. The van der Waals surface area contributed by atoms with Crippen molar-refractivity contribution < 1.29 is 32.6 Å². The van der Waals surface area contributed by atoms with E-state index in [9.17, 15) is 19.5 Å². The minimum Gasteiger partial charge on any atom is -0.477 e. The Labute approximate surface area is 193 Å². The molecule has 1 aliphatic heterocycles. The summed E-state index contributed by atoms with van der Waals surface area (Å²) in [5.41, 5.74) is -3.82. The van der Waals surface area contributed by atoms with Gasteiger partial charge in [-0.05, 0) is 40.0 Å². The Morgan fingerprint density at radius 1 is 1.12 bits per heavy atom. The van der Waals surface area contributed by atoms with Gasteiger partial charge in [-0.15, -0.1) is 0 Å². The van der Waals surface area contributed by atoms with E-state index in [1.807, 2.05) is 0 Å². The number of pyridine rings is 1. The van der Waals surface area contributed by atoms with Crippen molar-refractivity contribution in [2.45, 2.75) is 57.7 Å². The van der Waals surface area contributed by atoms with Gasteiger partial charge in [0.1, 0.15) is 16.9 Å². The fraction of sp³-hybridized carbons (Fsp3) is 0.522. The Bertz CT molecular complexity index is 1250. The maximum Gasteiger partial charge on any atom is 0.410 e. The summed E-state index contributed by atoms with van der Waals surface area (Å²) in [4.78, 5) is 39.1. The SMILES string of the molecule is CN(C(=O)OC(C)(C)C)C1CCN(c2c(F)c(F)c3c(=O)c(C(=O)O)cn(C4CC4)c3c2F)C1. The summed E-state index contributed by atoms with van der Waals surface area (Å²) < 4.78 is 52.7. The van der Waals surface area contributed by atoms with Gasteiger partial charge in [0.15, 0.2) is 17.5 Å². The number of benzene rings is 1. The van der Waals surface area contributed by atoms with Crippen LogP contribution in [0.3, 0.4) is 0 Å². The topological polar surface area (TPSA) is 92.1 Å². The van der Waals surface area contributed by atoms with Crippen molar-refractivity contribution in [3.63, 3.8) is 0 Å². The average molecular weight is 481 g/mol. The number of fused-ring (bicyclic) bond motifs is 1. The van der Waals surface area contributed by atoms with Crippen LogP contribution in [0.1, 0.15) is 56.4 Å². The van der Waals surface area contributed by atoms with Crippen molar-refractivity contribution in [3.05, 3.63) is 39.4 Å². The lowest BCUT2D eigenvalue weighted by Crippen LogP contribution is -2.42. The van der Waals surface area contributed by atoms with E-state index in [2.05, 4.69) is 0 Å². The van der Waals surface area contributed by atoms with E-state index in [1.54, 1.807) is 20.8 Å². The van der Waals surface area contributed by atoms with Crippen LogP contribution < -0.4 is 10.3 Å². The Morgan fingerprint density at radius 3 is 2.32 bits per heavy atom. The highest BCUT2D eigenvalue weighted by Gasteiger charge is 2.37. The van der Waals surface area contributed by atoms with E-state index in [1.165, 1.54) is 21.4 Å². The number of carboxylic acids is 1. The number of aromatic carboxylic acids is 1. The highest BCUT2D eigenvalue weighted by atomic mass is 19.2. The summed E-state index contributed by atoms with van der Waals surface area (Å²) in [6, 6.07) is -0.745. The summed E-state index contributed by atoms with van der Waals surface area (Å²) in [5, 5.41) is 8.42. The monoisotopic (exact) mass is 481 g/mol. The molecule has 1 aromatic carbocycles. The molecule has 34 heavy (non-hydrogen) atoms. The predicted molar refractivity (Wildman–Crippen MR) is 118 cm³/mol. The molecule has 11 heteroatoms. The van der Waals surface area contributed by atoms with Gasteiger partial charge in [0.05, 0.1) is 16.9 Å². The Kier molecular flexibility index (Phi) is 5.77. The van der Waals surface area contributed by atoms with E-state index in [-0.39, 0.29) is 19.1 Å². The van der Waals surface area contributed by atoms with E-state index in [0.717, 1.165) is 6.20 Å². The number of carbonyl (C=O) groups excluding carboxylic acids is 1. The molecule has 4 rings (SSSR count). The smallest absolute Gasteiger partial charge is 0.410 e. The van der Waals surface area contributed by atoms with Crippen LogP contribution in [-0.4, -0.2) is 58.4 Å². The van der Waals surface area contributed by atoms with Crippen LogP contribution in [0, 0.1) is 17.5 Å². The first-order chi connectivity index (χ1) is 15.8. The van der Waals surface area contributed by atoms with Crippen molar-refractivity contribution in [2.24, 2.45) is 0 Å². The maximum atomic E-state index is 15.8. The quantitative estimate of drug-likeness (QED) is 0.666. The fourth-order valence-corrected chi connectivity index (χ4v) is 4.30. The van der Waals surface area contributed by atoms with Crippen LogP contribution in [-0.2, 0) is 4.74 Å². The van der Waals surface area contributed by atoms with E-state index >= 15 is 13.2 Å². The second-order valence-electron chi connectivity index (χ2n) is 9.81. The fourth-order valence-electron chi connectivity index (χ4n) is 4.30. The zero-order chi connectivity index (χ0) is 25.1. The Balaban J connectivity index is 1.77. The minimum absolute atomic E-state index is 0.0232. The number of likely N-dealkylation sites (N-methyl/N-ethyl adjacent to an activating group) is 1. The zero-order valence-electron chi connectivity index (χ0n) is 19.3. The first-order valence-corrected chi connectivity index (χ1v) is 11.0. The van der Waals surface area contributed by atoms with Crippen LogP contribution in [0.5, 0.6) is 0 Å². The second-order valence-corrected chi connectivity index (χ2v) is 9.81. The number of hydrogen-bond acceptors (Lipinski definition) is 5. The van der Waals surface area contributed by atoms with Gasteiger partial charge in [0, 0.05) is 32.4 Å². The predicted octanol–water partition coefficient (Wildman–Crippen LogP) is 3.90. The third-order valence-corrected chi connectivity index (χ3v) is 6.15. The molecule has 1 atom stereocenters. The van der Waals surface area contributed by atoms with Gasteiger partial charge in [-0.25, -0.2) is 22.8 Å². The van der Waals surface area contributed by atoms with Crippen LogP contribution in [0.15, 0.2) is 11.0 Å². The number of amides is 1. The zero-order valence-corrected chi connectivity index (χ0v) is 19.3. The van der Waals surface area contributed by atoms with Gasteiger partial charge in [-0.3, -0.25) is 4.79 Å². The number of anilines is 1. The molecule has 1 aromatic heterocycles. The average Bonchev–Trinajstić information content (AvgIpc) is 3.47. The molecular weight excluding hydrogens is 455 g/mol. The summed E-state index contributed by atoms with van der Waals surface area (Å²) in [6.07, 6.45) is 1.96. The molecule has 1 unspecified atom stereocenters. The van der Waals surface area contributed by atoms with E-state index < -0.39 is 68.7 Å². The second kappa shape index (κ2) is 8.21. The van der Waals surface area contributed by atoms with Crippen molar-refractivity contribution in [3.8, 4) is 0 Å². The summed E-state index contributed by atoms with van der Waals surface area (Å²) in [5.74, 6) is -5.88. The molecule has 0 spiro atoms. The summed E-state index contributed by atoms with van der Waals surface area (Å²) in [7, 11) is 1.52. The third-order valence-electron chi connectivity index (χ3n) is 6.15. The van der Waals surface area contributed by atoms with Crippen LogP contribution >= 0.6 is 0 Å². The number of carbonyl (C=O) groups is 2. The molecule has 8 nitrogen and oxygen atoms in total. The van der Waals surface area contributed by atoms with Crippen molar-refractivity contribution >= 4 is 28.7 Å². The molecule has 1 amide bonds. The van der Waals surface area contributed by atoms with Crippen molar-refractivity contribution in [2.75, 3.05) is 25.0 Å². The Hall–Kier alpha value is -3.24. The molecule has 2 aliphatic rings. The highest BCUT2D eigenvalue weighted by Crippen LogP contribution is 2.41. The van der Waals surface area contributed by atoms with Crippen LogP contribution in [0.2, 0.25) is 0 Å². The standard InChI is InChI=1S/C23H26F3N3O5/c1-23(2,3)34-22(33)27(4)12-7-8-28(9-12)19-16(25)15(24)14-18(17(19)26)29(11-5-6-11)10-13(20(14)30)21(31)32/h10-12H,5-9H2,1-4H3,(H,31,32). The largest absolute Gasteiger partial charge is 0.477 e. The maximum absolute atomic E-state index is 15.8.